The van der Waals surface area contributed by atoms with Gasteiger partial charge in [0, 0.05) is 23.2 Å². The summed E-state index contributed by atoms with van der Waals surface area (Å²) in [6.07, 6.45) is 0. The third kappa shape index (κ3) is 5.18. The van der Waals surface area contributed by atoms with Gasteiger partial charge in [-0.05, 0) is 35.9 Å². The van der Waals surface area contributed by atoms with E-state index in [1.807, 2.05) is 20.8 Å². The zero-order valence-corrected chi connectivity index (χ0v) is 14.6. The van der Waals surface area contributed by atoms with E-state index in [0.29, 0.717) is 23.4 Å². The van der Waals surface area contributed by atoms with Gasteiger partial charge in [-0.25, -0.2) is 0 Å². The molecule has 25 heavy (non-hydrogen) atoms. The molecule has 0 bridgehead atoms. The molecule has 2 amide bonds. The van der Waals surface area contributed by atoms with Gasteiger partial charge in [0.15, 0.2) is 0 Å². The van der Waals surface area contributed by atoms with Gasteiger partial charge in [0.2, 0.25) is 5.91 Å². The van der Waals surface area contributed by atoms with Gasteiger partial charge in [0.05, 0.1) is 11.6 Å². The van der Waals surface area contributed by atoms with Crippen LogP contribution < -0.4 is 10.6 Å². The Labute approximate surface area is 147 Å². The number of hydrogen-bond acceptors (Lipinski definition) is 3. The number of nitriles is 1. The minimum absolute atomic E-state index is 0.109. The second kappa shape index (κ2) is 7.63. The summed E-state index contributed by atoms with van der Waals surface area (Å²) >= 11 is 0. The maximum atomic E-state index is 12.3. The monoisotopic (exact) mass is 335 g/mol. The molecule has 0 saturated heterocycles. The Morgan fingerprint density at radius 1 is 1.08 bits per heavy atom. The summed E-state index contributed by atoms with van der Waals surface area (Å²) in [6, 6.07) is 15.9. The Morgan fingerprint density at radius 2 is 1.76 bits per heavy atom. The summed E-state index contributed by atoms with van der Waals surface area (Å²) in [5.41, 5.74) is 2.04. The molecular weight excluding hydrogens is 314 g/mol. The number of anilines is 1. The molecule has 0 aromatic heterocycles. The first-order valence-electron chi connectivity index (χ1n) is 7.98. The lowest BCUT2D eigenvalue weighted by Gasteiger charge is -2.18. The number of rotatable bonds is 4. The summed E-state index contributed by atoms with van der Waals surface area (Å²) in [6.45, 7) is 5.85. The van der Waals surface area contributed by atoms with Gasteiger partial charge in [-0.1, -0.05) is 39.0 Å². The smallest absolute Gasteiger partial charge is 0.251 e. The van der Waals surface area contributed by atoms with Crippen molar-refractivity contribution in [2.24, 2.45) is 5.41 Å². The van der Waals surface area contributed by atoms with Crippen molar-refractivity contribution in [3.8, 4) is 6.07 Å². The zero-order valence-electron chi connectivity index (χ0n) is 14.6. The molecule has 0 aliphatic heterocycles. The fourth-order valence-corrected chi connectivity index (χ4v) is 2.04. The van der Waals surface area contributed by atoms with Crippen molar-refractivity contribution in [3.63, 3.8) is 0 Å². The van der Waals surface area contributed by atoms with Crippen molar-refractivity contribution in [3.05, 3.63) is 65.2 Å². The van der Waals surface area contributed by atoms with Crippen molar-refractivity contribution in [1.82, 2.24) is 5.32 Å². The highest BCUT2D eigenvalue weighted by Crippen LogP contribution is 2.18. The van der Waals surface area contributed by atoms with Crippen molar-refractivity contribution in [2.75, 3.05) is 5.32 Å². The molecule has 0 atom stereocenters. The van der Waals surface area contributed by atoms with Gasteiger partial charge in [-0.3, -0.25) is 9.59 Å². The van der Waals surface area contributed by atoms with E-state index in [2.05, 4.69) is 16.7 Å². The molecule has 0 spiro atoms. The first kappa shape index (κ1) is 18.2. The maximum Gasteiger partial charge on any atom is 0.251 e. The molecule has 0 saturated carbocycles. The lowest BCUT2D eigenvalue weighted by atomic mass is 9.95. The molecule has 128 valence electrons. The van der Waals surface area contributed by atoms with E-state index in [0.717, 1.165) is 5.56 Å². The maximum absolute atomic E-state index is 12.3. The van der Waals surface area contributed by atoms with E-state index < -0.39 is 5.41 Å². The summed E-state index contributed by atoms with van der Waals surface area (Å²) in [5, 5.41) is 14.4. The molecule has 2 rings (SSSR count). The fraction of sp³-hybridized carbons (Fsp3) is 0.250. The number of amides is 2. The van der Waals surface area contributed by atoms with E-state index in [4.69, 9.17) is 5.26 Å². The number of hydrogen-bond donors (Lipinski definition) is 2. The predicted molar refractivity (Wildman–Crippen MR) is 96.9 cm³/mol. The first-order chi connectivity index (χ1) is 11.8. The Morgan fingerprint density at radius 3 is 2.36 bits per heavy atom. The second-order valence-corrected chi connectivity index (χ2v) is 6.78. The van der Waals surface area contributed by atoms with Gasteiger partial charge in [0.1, 0.15) is 0 Å². The average Bonchev–Trinajstić information content (AvgIpc) is 2.59. The third-order valence-corrected chi connectivity index (χ3v) is 3.60. The summed E-state index contributed by atoms with van der Waals surface area (Å²) < 4.78 is 0. The van der Waals surface area contributed by atoms with Crippen molar-refractivity contribution >= 4 is 17.5 Å². The number of benzene rings is 2. The number of carbonyl (C=O) groups is 2. The zero-order chi connectivity index (χ0) is 18.4. The molecule has 5 heteroatoms. The van der Waals surface area contributed by atoms with Crippen LogP contribution in [0.4, 0.5) is 5.69 Å². The number of nitrogens with one attached hydrogen (secondary N) is 2. The Kier molecular flexibility index (Phi) is 5.56. The van der Waals surface area contributed by atoms with Crippen LogP contribution in [0.25, 0.3) is 0 Å². The van der Waals surface area contributed by atoms with Crippen LogP contribution in [0.1, 0.15) is 42.3 Å². The SMILES string of the molecule is CC(C)(C)C(=O)Nc1cccc(C(=O)NCc2ccc(C#N)cc2)c1. The number of nitrogens with zero attached hydrogens (tertiary/aromatic N) is 1. The molecular formula is C20H21N3O2. The Hall–Kier alpha value is -3.13. The summed E-state index contributed by atoms with van der Waals surface area (Å²) in [5.74, 6) is -0.334. The van der Waals surface area contributed by atoms with E-state index in [1.165, 1.54) is 0 Å². The van der Waals surface area contributed by atoms with Gasteiger partial charge in [-0.15, -0.1) is 0 Å². The van der Waals surface area contributed by atoms with Crippen molar-refractivity contribution in [2.45, 2.75) is 27.3 Å². The van der Waals surface area contributed by atoms with Crippen LogP contribution in [0.15, 0.2) is 48.5 Å². The predicted octanol–water partition coefficient (Wildman–Crippen LogP) is 3.47. The van der Waals surface area contributed by atoms with E-state index >= 15 is 0 Å². The van der Waals surface area contributed by atoms with E-state index in [-0.39, 0.29) is 11.8 Å². The minimum Gasteiger partial charge on any atom is -0.348 e. The average molecular weight is 335 g/mol. The lowest BCUT2D eigenvalue weighted by molar-refractivity contribution is -0.123. The highest BCUT2D eigenvalue weighted by molar-refractivity contribution is 5.98. The molecule has 2 aromatic carbocycles. The van der Waals surface area contributed by atoms with Gasteiger partial charge >= 0.3 is 0 Å². The van der Waals surface area contributed by atoms with Crippen LogP contribution in [0.5, 0.6) is 0 Å². The normalized spacial score (nSPS) is 10.6. The van der Waals surface area contributed by atoms with Crippen LogP contribution in [0.3, 0.4) is 0 Å². The van der Waals surface area contributed by atoms with Crippen LogP contribution in [-0.4, -0.2) is 11.8 Å². The van der Waals surface area contributed by atoms with Crippen molar-refractivity contribution < 1.29 is 9.59 Å². The van der Waals surface area contributed by atoms with Gasteiger partial charge in [-0.2, -0.15) is 5.26 Å². The number of carbonyl (C=O) groups excluding carboxylic acids is 2. The van der Waals surface area contributed by atoms with Gasteiger partial charge < -0.3 is 10.6 Å². The molecule has 0 aliphatic rings. The highest BCUT2D eigenvalue weighted by atomic mass is 16.2. The summed E-state index contributed by atoms with van der Waals surface area (Å²) in [4.78, 5) is 24.3. The minimum atomic E-state index is -0.506. The lowest BCUT2D eigenvalue weighted by Crippen LogP contribution is -2.28. The molecule has 5 nitrogen and oxygen atoms in total. The molecule has 0 fully saturated rings. The topological polar surface area (TPSA) is 82.0 Å². The Bertz CT molecular complexity index is 812. The molecule has 0 unspecified atom stereocenters. The van der Waals surface area contributed by atoms with Crippen LogP contribution in [0, 0.1) is 16.7 Å². The first-order valence-corrected chi connectivity index (χ1v) is 7.98. The standard InChI is InChI=1S/C20H21N3O2/c1-20(2,3)19(25)23-17-6-4-5-16(11-17)18(24)22-13-15-9-7-14(12-21)8-10-15/h4-11H,13H2,1-3H3,(H,22,24)(H,23,25). The third-order valence-electron chi connectivity index (χ3n) is 3.60. The van der Waals surface area contributed by atoms with Crippen LogP contribution in [-0.2, 0) is 11.3 Å². The highest BCUT2D eigenvalue weighted by Gasteiger charge is 2.21. The van der Waals surface area contributed by atoms with E-state index in [1.54, 1.807) is 48.5 Å². The molecule has 0 aliphatic carbocycles. The summed E-state index contributed by atoms with van der Waals surface area (Å²) in [7, 11) is 0. The fourth-order valence-electron chi connectivity index (χ4n) is 2.04. The molecule has 0 heterocycles. The van der Waals surface area contributed by atoms with Gasteiger partial charge in [0.25, 0.3) is 5.91 Å². The van der Waals surface area contributed by atoms with Crippen LogP contribution in [0.2, 0.25) is 0 Å². The van der Waals surface area contributed by atoms with Crippen LogP contribution >= 0.6 is 0 Å². The Balaban J connectivity index is 2.00. The quantitative estimate of drug-likeness (QED) is 0.897. The van der Waals surface area contributed by atoms with E-state index in [9.17, 15) is 9.59 Å². The molecule has 2 N–H and O–H groups in total. The largest absolute Gasteiger partial charge is 0.348 e. The molecule has 2 aromatic rings. The van der Waals surface area contributed by atoms with Crippen molar-refractivity contribution in [1.29, 1.82) is 5.26 Å². The second-order valence-electron chi connectivity index (χ2n) is 6.78. The molecule has 0 radical (unpaired) electrons.